The highest BCUT2D eigenvalue weighted by Gasteiger charge is 2.35. The van der Waals surface area contributed by atoms with Crippen LogP contribution in [0, 0.1) is 0 Å². The highest BCUT2D eigenvalue weighted by atomic mass is 19.4. The minimum absolute atomic E-state index is 0.167. The molecule has 1 fully saturated rings. The number of nitrogens with one attached hydrogen (secondary N) is 1. The molecule has 3 rings (SSSR count). The molecule has 0 spiro atoms. The quantitative estimate of drug-likeness (QED) is 0.930. The van der Waals surface area contributed by atoms with Crippen LogP contribution in [0.15, 0.2) is 41.1 Å². The number of aromatic nitrogens is 1. The van der Waals surface area contributed by atoms with Gasteiger partial charge in [-0.15, -0.1) is 0 Å². The van der Waals surface area contributed by atoms with Crippen molar-refractivity contribution in [3.63, 3.8) is 0 Å². The van der Waals surface area contributed by atoms with Gasteiger partial charge >= 0.3 is 6.18 Å². The molecular weight excluding hydrogens is 323 g/mol. The second kappa shape index (κ2) is 6.54. The maximum atomic E-state index is 12.9. The van der Waals surface area contributed by atoms with E-state index in [0.717, 1.165) is 24.8 Å². The van der Waals surface area contributed by atoms with E-state index in [0.29, 0.717) is 18.7 Å². The number of nitrogens with zero attached hydrogens (tertiary/aromatic N) is 2. The van der Waals surface area contributed by atoms with Gasteiger partial charge in [-0.05, 0) is 37.1 Å². The molecule has 0 aromatic carbocycles. The Kier molecular flexibility index (Phi) is 4.46. The van der Waals surface area contributed by atoms with Crippen LogP contribution in [-0.2, 0) is 17.5 Å². The average Bonchev–Trinajstić information content (AvgIpc) is 3.23. The molecule has 0 saturated carbocycles. The Labute approximate surface area is 136 Å². The van der Waals surface area contributed by atoms with Crippen LogP contribution in [0.4, 0.5) is 19.0 Å². The first-order chi connectivity index (χ1) is 11.4. The van der Waals surface area contributed by atoms with Gasteiger partial charge in [-0.2, -0.15) is 13.2 Å². The van der Waals surface area contributed by atoms with Gasteiger partial charge in [0.15, 0.2) is 0 Å². The van der Waals surface area contributed by atoms with Crippen molar-refractivity contribution in [2.24, 2.45) is 0 Å². The van der Waals surface area contributed by atoms with Crippen molar-refractivity contribution in [3.8, 4) is 0 Å². The van der Waals surface area contributed by atoms with Gasteiger partial charge in [0.2, 0.25) is 5.91 Å². The van der Waals surface area contributed by atoms with Crippen LogP contribution in [0.5, 0.6) is 0 Å². The summed E-state index contributed by atoms with van der Waals surface area (Å²) in [4.78, 5) is 18.0. The van der Waals surface area contributed by atoms with Crippen LogP contribution in [0.3, 0.4) is 0 Å². The lowest BCUT2D eigenvalue weighted by atomic mass is 10.2. The van der Waals surface area contributed by atoms with E-state index >= 15 is 0 Å². The molecule has 0 bridgehead atoms. The lowest BCUT2D eigenvalue weighted by Gasteiger charge is -2.25. The molecule has 1 atom stereocenters. The molecule has 1 N–H and O–H groups in total. The van der Waals surface area contributed by atoms with Gasteiger partial charge < -0.3 is 14.6 Å². The summed E-state index contributed by atoms with van der Waals surface area (Å²) in [5.74, 6) is 0.536. The second-order valence-electron chi connectivity index (χ2n) is 5.55. The van der Waals surface area contributed by atoms with Crippen LogP contribution in [-0.4, -0.2) is 23.5 Å². The summed E-state index contributed by atoms with van der Waals surface area (Å²) >= 11 is 0. The average molecular weight is 339 g/mol. The maximum absolute atomic E-state index is 12.9. The summed E-state index contributed by atoms with van der Waals surface area (Å²) in [6.45, 7) is 0.735. The Hall–Kier alpha value is -2.51. The van der Waals surface area contributed by atoms with Crippen molar-refractivity contribution < 1.29 is 22.4 Å². The Morgan fingerprint density at radius 2 is 2.25 bits per heavy atom. The van der Waals surface area contributed by atoms with E-state index < -0.39 is 17.8 Å². The molecule has 5 nitrogen and oxygen atoms in total. The SMILES string of the molecule is O=C(NCc1ccco1)[C@@H]1CCCN1c1cc(C(F)(F)F)ccn1. The molecule has 3 heterocycles. The second-order valence-corrected chi connectivity index (χ2v) is 5.55. The van der Waals surface area contributed by atoms with Gasteiger partial charge in [0.25, 0.3) is 0 Å². The molecule has 1 aliphatic rings. The van der Waals surface area contributed by atoms with Gasteiger partial charge in [0.05, 0.1) is 18.4 Å². The fourth-order valence-corrected chi connectivity index (χ4v) is 2.77. The molecule has 0 unspecified atom stereocenters. The fourth-order valence-electron chi connectivity index (χ4n) is 2.77. The van der Waals surface area contributed by atoms with Gasteiger partial charge in [-0.3, -0.25) is 4.79 Å². The van der Waals surface area contributed by atoms with E-state index in [-0.39, 0.29) is 18.3 Å². The van der Waals surface area contributed by atoms with Crippen LogP contribution in [0.25, 0.3) is 0 Å². The van der Waals surface area contributed by atoms with Crippen molar-refractivity contribution in [1.82, 2.24) is 10.3 Å². The minimum Gasteiger partial charge on any atom is -0.467 e. The van der Waals surface area contributed by atoms with Crippen molar-refractivity contribution in [2.45, 2.75) is 31.6 Å². The molecular formula is C16H16F3N3O2. The molecule has 1 aliphatic heterocycles. The van der Waals surface area contributed by atoms with Crippen LogP contribution in [0.1, 0.15) is 24.2 Å². The van der Waals surface area contributed by atoms with E-state index in [2.05, 4.69) is 10.3 Å². The van der Waals surface area contributed by atoms with Gasteiger partial charge in [-0.25, -0.2) is 4.98 Å². The minimum atomic E-state index is -4.44. The summed E-state index contributed by atoms with van der Waals surface area (Å²) < 4.78 is 43.7. The fraction of sp³-hybridized carbons (Fsp3) is 0.375. The zero-order valence-corrected chi connectivity index (χ0v) is 12.7. The van der Waals surface area contributed by atoms with E-state index in [4.69, 9.17) is 4.42 Å². The predicted molar refractivity (Wildman–Crippen MR) is 80.2 cm³/mol. The summed E-state index contributed by atoms with van der Waals surface area (Å²) in [7, 11) is 0. The number of furan rings is 1. The normalized spacial score (nSPS) is 18.0. The first-order valence-electron chi connectivity index (χ1n) is 7.55. The Morgan fingerprint density at radius 1 is 1.42 bits per heavy atom. The number of alkyl halides is 3. The summed E-state index contributed by atoms with van der Waals surface area (Å²) in [6, 6.07) is 4.83. The van der Waals surface area contributed by atoms with Crippen molar-refractivity contribution in [3.05, 3.63) is 48.0 Å². The van der Waals surface area contributed by atoms with E-state index in [1.165, 1.54) is 6.26 Å². The Bertz CT molecular complexity index is 701. The van der Waals surface area contributed by atoms with Crippen molar-refractivity contribution >= 4 is 11.7 Å². The monoisotopic (exact) mass is 339 g/mol. The molecule has 1 amide bonds. The molecule has 0 radical (unpaired) electrons. The van der Waals surface area contributed by atoms with E-state index in [1.807, 2.05) is 0 Å². The van der Waals surface area contributed by atoms with Crippen molar-refractivity contribution in [1.29, 1.82) is 0 Å². The zero-order valence-electron chi connectivity index (χ0n) is 12.7. The van der Waals surface area contributed by atoms with Gasteiger partial charge in [-0.1, -0.05) is 0 Å². The third-order valence-electron chi connectivity index (χ3n) is 3.94. The first kappa shape index (κ1) is 16.4. The first-order valence-corrected chi connectivity index (χ1v) is 7.55. The molecule has 0 aliphatic carbocycles. The van der Waals surface area contributed by atoms with Crippen LogP contribution in [0.2, 0.25) is 0 Å². The number of pyridine rings is 1. The van der Waals surface area contributed by atoms with E-state index in [1.54, 1.807) is 17.0 Å². The smallest absolute Gasteiger partial charge is 0.416 e. The Balaban J connectivity index is 1.72. The lowest BCUT2D eigenvalue weighted by Crippen LogP contribution is -2.43. The van der Waals surface area contributed by atoms with Crippen LogP contribution < -0.4 is 10.2 Å². The maximum Gasteiger partial charge on any atom is 0.416 e. The predicted octanol–water partition coefficient (Wildman–Crippen LogP) is 2.98. The number of anilines is 1. The number of carbonyl (C=O) groups is 1. The van der Waals surface area contributed by atoms with Crippen LogP contribution >= 0.6 is 0 Å². The Morgan fingerprint density at radius 3 is 2.96 bits per heavy atom. The lowest BCUT2D eigenvalue weighted by molar-refractivity contribution is -0.137. The number of rotatable bonds is 4. The topological polar surface area (TPSA) is 58.4 Å². The highest BCUT2D eigenvalue weighted by Crippen LogP contribution is 2.32. The number of amides is 1. The number of carbonyl (C=O) groups excluding carboxylic acids is 1. The number of hydrogen-bond acceptors (Lipinski definition) is 4. The molecule has 128 valence electrons. The molecule has 2 aromatic rings. The molecule has 8 heteroatoms. The highest BCUT2D eigenvalue weighted by molar-refractivity contribution is 5.85. The standard InChI is InChI=1S/C16H16F3N3O2/c17-16(18,19)11-5-6-20-14(9-11)22-7-1-4-13(22)15(23)21-10-12-3-2-8-24-12/h2-3,5-6,8-9,13H,1,4,7,10H2,(H,21,23)/t13-/m0/s1. The summed E-state index contributed by atoms with van der Waals surface area (Å²) in [6.07, 6.45) is -0.517. The molecule has 24 heavy (non-hydrogen) atoms. The largest absolute Gasteiger partial charge is 0.467 e. The summed E-state index contributed by atoms with van der Waals surface area (Å²) in [5.41, 5.74) is -0.769. The van der Waals surface area contributed by atoms with Gasteiger partial charge in [0, 0.05) is 12.7 Å². The molecule has 1 saturated heterocycles. The zero-order chi connectivity index (χ0) is 17.2. The molecule has 2 aromatic heterocycles. The number of halogens is 3. The van der Waals surface area contributed by atoms with Gasteiger partial charge in [0.1, 0.15) is 17.6 Å². The number of hydrogen-bond donors (Lipinski definition) is 1. The van der Waals surface area contributed by atoms with E-state index in [9.17, 15) is 18.0 Å². The third-order valence-corrected chi connectivity index (χ3v) is 3.94. The van der Waals surface area contributed by atoms with Crippen molar-refractivity contribution in [2.75, 3.05) is 11.4 Å². The third kappa shape index (κ3) is 3.52. The summed E-state index contributed by atoms with van der Waals surface area (Å²) in [5, 5.41) is 2.75.